The Labute approximate surface area is 155 Å². The van der Waals surface area contributed by atoms with Crippen molar-refractivity contribution in [3.63, 3.8) is 0 Å². The molecule has 2 amide bonds. The molecule has 0 atom stereocenters. The highest BCUT2D eigenvalue weighted by Gasteiger charge is 2.39. The van der Waals surface area contributed by atoms with Crippen LogP contribution >= 0.6 is 0 Å². The predicted octanol–water partition coefficient (Wildman–Crippen LogP) is 4.13. The third kappa shape index (κ3) is 4.35. The number of hydrogen-bond donors (Lipinski definition) is 2. The van der Waals surface area contributed by atoms with Gasteiger partial charge in [0.2, 0.25) is 0 Å². The molecule has 0 radical (unpaired) electrons. The number of anilines is 1. The maximum absolute atomic E-state index is 13.0. The summed E-state index contributed by atoms with van der Waals surface area (Å²) in [6.07, 6.45) is 0.283. The lowest BCUT2D eigenvalue weighted by Gasteiger charge is -2.45. The van der Waals surface area contributed by atoms with E-state index in [1.54, 1.807) is 4.90 Å². The van der Waals surface area contributed by atoms with Crippen LogP contribution < -0.4 is 5.32 Å². The number of halogens is 3. The summed E-state index contributed by atoms with van der Waals surface area (Å²) in [6, 6.07) is 4.26. The number of benzene rings is 1. The van der Waals surface area contributed by atoms with Crippen molar-refractivity contribution in [1.82, 2.24) is 4.90 Å². The standard InChI is InChI=1S/C19H22F3N3O2/c20-19(21,22)16-11-14(2-1-13(16)12-23)24-17(27)25-9-7-18(8-10-25)5-3-15(26)4-6-18/h1-2,11,15,26H,3-10H2,(H,24,27). The number of nitrogens with zero attached hydrogens (tertiary/aromatic N) is 2. The molecule has 1 aliphatic carbocycles. The van der Waals surface area contributed by atoms with Crippen LogP contribution in [0.5, 0.6) is 0 Å². The van der Waals surface area contributed by atoms with Gasteiger partial charge in [-0.1, -0.05) is 0 Å². The van der Waals surface area contributed by atoms with E-state index in [-0.39, 0.29) is 17.2 Å². The molecule has 1 spiro atoms. The first-order valence-electron chi connectivity index (χ1n) is 9.08. The Kier molecular flexibility index (Phi) is 5.33. The fourth-order valence-corrected chi connectivity index (χ4v) is 4.06. The molecule has 5 nitrogen and oxygen atoms in total. The van der Waals surface area contributed by atoms with Gasteiger partial charge in [-0.3, -0.25) is 0 Å². The summed E-state index contributed by atoms with van der Waals surface area (Å²) in [5.74, 6) is 0. The molecule has 27 heavy (non-hydrogen) atoms. The Morgan fingerprint density at radius 3 is 2.41 bits per heavy atom. The summed E-state index contributed by atoms with van der Waals surface area (Å²) >= 11 is 0. The largest absolute Gasteiger partial charge is 0.417 e. The predicted molar refractivity (Wildman–Crippen MR) is 92.9 cm³/mol. The molecule has 1 aromatic rings. The van der Waals surface area contributed by atoms with Crippen molar-refractivity contribution in [2.24, 2.45) is 5.41 Å². The molecule has 3 rings (SSSR count). The van der Waals surface area contributed by atoms with E-state index in [0.717, 1.165) is 50.7 Å². The molecule has 0 aromatic heterocycles. The van der Waals surface area contributed by atoms with Crippen molar-refractivity contribution < 1.29 is 23.1 Å². The second-order valence-electron chi connectivity index (χ2n) is 7.52. The minimum Gasteiger partial charge on any atom is -0.393 e. The number of nitrogens with one attached hydrogen (secondary N) is 1. The van der Waals surface area contributed by atoms with Gasteiger partial charge >= 0.3 is 12.2 Å². The smallest absolute Gasteiger partial charge is 0.393 e. The summed E-state index contributed by atoms with van der Waals surface area (Å²) in [5, 5.41) is 21.0. The Hall–Kier alpha value is -2.27. The molecule has 8 heteroatoms. The van der Waals surface area contributed by atoms with Gasteiger partial charge in [-0.05, 0) is 62.1 Å². The summed E-state index contributed by atoms with van der Waals surface area (Å²) in [4.78, 5) is 14.0. The highest BCUT2D eigenvalue weighted by atomic mass is 19.4. The van der Waals surface area contributed by atoms with E-state index in [0.29, 0.717) is 13.1 Å². The van der Waals surface area contributed by atoms with Crippen LogP contribution in [0, 0.1) is 16.7 Å². The average Bonchev–Trinajstić information content (AvgIpc) is 2.64. The topological polar surface area (TPSA) is 76.4 Å². The van der Waals surface area contributed by atoms with Gasteiger partial charge in [-0.2, -0.15) is 18.4 Å². The maximum atomic E-state index is 13.0. The average molecular weight is 381 g/mol. The van der Waals surface area contributed by atoms with Gasteiger partial charge in [-0.15, -0.1) is 0 Å². The summed E-state index contributed by atoms with van der Waals surface area (Å²) < 4.78 is 39.1. The highest BCUT2D eigenvalue weighted by molar-refractivity contribution is 5.89. The fraction of sp³-hybridized carbons (Fsp3) is 0.579. The summed E-state index contributed by atoms with van der Waals surface area (Å²) in [6.45, 7) is 1.09. The molecule has 0 unspecified atom stereocenters. The van der Waals surface area contributed by atoms with Gasteiger partial charge in [0.1, 0.15) is 0 Å². The Balaban J connectivity index is 1.63. The maximum Gasteiger partial charge on any atom is 0.417 e. The van der Waals surface area contributed by atoms with Crippen molar-refractivity contribution in [2.75, 3.05) is 18.4 Å². The zero-order valence-electron chi connectivity index (χ0n) is 14.9. The number of likely N-dealkylation sites (tertiary alicyclic amines) is 1. The van der Waals surface area contributed by atoms with E-state index in [1.165, 1.54) is 12.1 Å². The third-order valence-electron chi connectivity index (χ3n) is 5.82. The SMILES string of the molecule is N#Cc1ccc(NC(=O)N2CCC3(CCC(O)CC3)CC2)cc1C(F)(F)F. The van der Waals surface area contributed by atoms with Gasteiger partial charge in [-0.25, -0.2) is 4.79 Å². The molecule has 2 fully saturated rings. The lowest BCUT2D eigenvalue weighted by atomic mass is 9.67. The van der Waals surface area contributed by atoms with Crippen LogP contribution in [0.2, 0.25) is 0 Å². The molecule has 2 aliphatic rings. The van der Waals surface area contributed by atoms with Crippen molar-refractivity contribution in [2.45, 2.75) is 50.8 Å². The lowest BCUT2D eigenvalue weighted by Crippen LogP contribution is -2.46. The Morgan fingerprint density at radius 2 is 1.85 bits per heavy atom. The van der Waals surface area contributed by atoms with E-state index < -0.39 is 23.3 Å². The molecular weight excluding hydrogens is 359 g/mol. The van der Waals surface area contributed by atoms with E-state index in [2.05, 4.69) is 5.32 Å². The third-order valence-corrected chi connectivity index (χ3v) is 5.82. The van der Waals surface area contributed by atoms with Gasteiger partial charge in [0.05, 0.1) is 23.3 Å². The van der Waals surface area contributed by atoms with E-state index in [9.17, 15) is 23.1 Å². The van der Waals surface area contributed by atoms with Gasteiger partial charge in [0.25, 0.3) is 0 Å². The van der Waals surface area contributed by atoms with Crippen LogP contribution in [0.4, 0.5) is 23.7 Å². The Morgan fingerprint density at radius 1 is 1.22 bits per heavy atom. The number of amides is 2. The number of carbonyl (C=O) groups is 1. The van der Waals surface area contributed by atoms with E-state index in [4.69, 9.17) is 5.26 Å². The second kappa shape index (κ2) is 7.39. The summed E-state index contributed by atoms with van der Waals surface area (Å²) in [5.41, 5.74) is -1.33. The monoisotopic (exact) mass is 381 g/mol. The number of alkyl halides is 3. The molecule has 1 heterocycles. The molecule has 1 saturated carbocycles. The number of rotatable bonds is 1. The number of urea groups is 1. The van der Waals surface area contributed by atoms with Gasteiger partial charge < -0.3 is 15.3 Å². The first kappa shape index (κ1) is 19.5. The molecule has 1 aliphatic heterocycles. The molecule has 0 bridgehead atoms. The molecule has 1 aromatic carbocycles. The number of nitriles is 1. The van der Waals surface area contributed by atoms with E-state index >= 15 is 0 Å². The van der Waals surface area contributed by atoms with Crippen LogP contribution in [0.1, 0.15) is 49.7 Å². The van der Waals surface area contributed by atoms with Crippen LogP contribution in [0.3, 0.4) is 0 Å². The highest BCUT2D eigenvalue weighted by Crippen LogP contribution is 2.44. The first-order valence-corrected chi connectivity index (χ1v) is 9.08. The fourth-order valence-electron chi connectivity index (χ4n) is 4.06. The normalized spacial score (nSPS) is 20.3. The number of hydrogen-bond acceptors (Lipinski definition) is 3. The minimum absolute atomic E-state index is 0.0207. The second-order valence-corrected chi connectivity index (χ2v) is 7.52. The Bertz CT molecular complexity index is 740. The number of carbonyl (C=O) groups excluding carboxylic acids is 1. The quantitative estimate of drug-likeness (QED) is 0.768. The van der Waals surface area contributed by atoms with E-state index in [1.807, 2.05) is 0 Å². The van der Waals surface area contributed by atoms with Crippen LogP contribution in [-0.4, -0.2) is 35.2 Å². The molecule has 1 saturated heterocycles. The van der Waals surface area contributed by atoms with Crippen molar-refractivity contribution in [3.8, 4) is 6.07 Å². The van der Waals surface area contributed by atoms with Crippen molar-refractivity contribution in [3.05, 3.63) is 29.3 Å². The lowest BCUT2D eigenvalue weighted by molar-refractivity contribution is -0.137. The first-order chi connectivity index (χ1) is 12.7. The van der Waals surface area contributed by atoms with Crippen molar-refractivity contribution >= 4 is 11.7 Å². The number of piperidine rings is 1. The summed E-state index contributed by atoms with van der Waals surface area (Å²) in [7, 11) is 0. The number of aliphatic hydroxyl groups excluding tert-OH is 1. The zero-order chi connectivity index (χ0) is 19.7. The molecule has 146 valence electrons. The molecular formula is C19H22F3N3O2. The van der Waals surface area contributed by atoms with Crippen molar-refractivity contribution in [1.29, 1.82) is 5.26 Å². The van der Waals surface area contributed by atoms with Crippen LogP contribution in [-0.2, 0) is 6.18 Å². The van der Waals surface area contributed by atoms with Crippen LogP contribution in [0.25, 0.3) is 0 Å². The van der Waals surface area contributed by atoms with Crippen LogP contribution in [0.15, 0.2) is 18.2 Å². The number of aliphatic hydroxyl groups is 1. The molecule has 2 N–H and O–H groups in total. The minimum atomic E-state index is -4.66. The van der Waals surface area contributed by atoms with Gasteiger partial charge in [0.15, 0.2) is 0 Å². The van der Waals surface area contributed by atoms with Gasteiger partial charge in [0, 0.05) is 18.8 Å². The zero-order valence-corrected chi connectivity index (χ0v) is 14.9.